The summed E-state index contributed by atoms with van der Waals surface area (Å²) in [5, 5.41) is 7.91. The van der Waals surface area contributed by atoms with Crippen molar-refractivity contribution in [2.24, 2.45) is 0 Å². The van der Waals surface area contributed by atoms with Gasteiger partial charge in [-0.3, -0.25) is 4.79 Å². The molecule has 0 aromatic heterocycles. The maximum Gasteiger partial charge on any atom is 0.322 e. The summed E-state index contributed by atoms with van der Waals surface area (Å²) in [5.41, 5.74) is 1.68. The molecule has 56 valence electrons. The Hall–Kier alpha value is -0.320. The highest BCUT2D eigenvalue weighted by Crippen LogP contribution is 1.71. The zero-order valence-electron chi connectivity index (χ0n) is 5.09. The van der Waals surface area contributed by atoms with E-state index in [1.54, 1.807) is 12.4 Å². The van der Waals surface area contributed by atoms with Gasteiger partial charge in [0.25, 0.3) is 0 Å². The van der Waals surface area contributed by atoms with Crippen molar-refractivity contribution in [2.45, 2.75) is 6.92 Å². The van der Waals surface area contributed by atoms with Crippen molar-refractivity contribution >= 4 is 18.4 Å². The van der Waals surface area contributed by atoms with Gasteiger partial charge in [0.15, 0.2) is 0 Å². The van der Waals surface area contributed by atoms with E-state index in [1.165, 1.54) is 0 Å². The van der Waals surface area contributed by atoms with Gasteiger partial charge >= 0.3 is 5.97 Å². The van der Waals surface area contributed by atoms with E-state index in [2.05, 4.69) is 4.74 Å². The molecular formula is C4H10ClNO3. The molecule has 0 saturated carbocycles. The molecule has 0 aromatic rings. The number of nitrogens with one attached hydrogen (secondary N) is 1. The Morgan fingerprint density at radius 3 is 2.67 bits per heavy atom. The van der Waals surface area contributed by atoms with Crippen molar-refractivity contribution < 1.29 is 14.7 Å². The lowest BCUT2D eigenvalue weighted by Crippen LogP contribution is -2.21. The van der Waals surface area contributed by atoms with E-state index in [0.717, 1.165) is 0 Å². The minimum absolute atomic E-state index is 0. The van der Waals surface area contributed by atoms with Crippen LogP contribution in [0.25, 0.3) is 0 Å². The first kappa shape index (κ1) is 11.5. The van der Waals surface area contributed by atoms with Crippen LogP contribution in [0.3, 0.4) is 0 Å². The van der Waals surface area contributed by atoms with E-state index in [1.807, 2.05) is 0 Å². The minimum atomic E-state index is -0.449. The second kappa shape index (κ2) is 7.68. The number of hydrogen-bond acceptors (Lipinski definition) is 4. The normalized spacial score (nSPS) is 7.78. The van der Waals surface area contributed by atoms with E-state index in [-0.39, 0.29) is 19.0 Å². The van der Waals surface area contributed by atoms with Crippen molar-refractivity contribution in [2.75, 3.05) is 13.2 Å². The van der Waals surface area contributed by atoms with Gasteiger partial charge in [-0.2, -0.15) is 5.48 Å². The third-order valence-corrected chi connectivity index (χ3v) is 0.529. The second-order valence-corrected chi connectivity index (χ2v) is 1.14. The van der Waals surface area contributed by atoms with Gasteiger partial charge in [-0.05, 0) is 6.92 Å². The Morgan fingerprint density at radius 1 is 1.78 bits per heavy atom. The van der Waals surface area contributed by atoms with Gasteiger partial charge in [0.05, 0.1) is 6.61 Å². The lowest BCUT2D eigenvalue weighted by atomic mass is 10.7. The Balaban J connectivity index is 0. The molecule has 0 rings (SSSR count). The highest BCUT2D eigenvalue weighted by atomic mass is 35.5. The molecule has 0 heterocycles. The maximum absolute atomic E-state index is 10.2. The van der Waals surface area contributed by atoms with Crippen LogP contribution in [-0.4, -0.2) is 24.3 Å². The van der Waals surface area contributed by atoms with Crippen molar-refractivity contribution in [3.63, 3.8) is 0 Å². The van der Waals surface area contributed by atoms with Crippen LogP contribution < -0.4 is 5.48 Å². The van der Waals surface area contributed by atoms with E-state index in [9.17, 15) is 4.79 Å². The first-order valence-corrected chi connectivity index (χ1v) is 2.33. The minimum Gasteiger partial charge on any atom is -0.465 e. The average Bonchev–Trinajstić information content (AvgIpc) is 1.68. The molecule has 0 aliphatic carbocycles. The summed E-state index contributed by atoms with van der Waals surface area (Å²) < 4.78 is 4.42. The van der Waals surface area contributed by atoms with E-state index in [0.29, 0.717) is 6.61 Å². The number of hydroxylamine groups is 1. The Labute approximate surface area is 59.6 Å². The largest absolute Gasteiger partial charge is 0.465 e. The SMILES string of the molecule is CCOC(=O)CNO.Cl. The quantitative estimate of drug-likeness (QED) is 0.443. The second-order valence-electron chi connectivity index (χ2n) is 1.14. The van der Waals surface area contributed by atoms with Crippen molar-refractivity contribution in [3.05, 3.63) is 0 Å². The number of rotatable bonds is 3. The van der Waals surface area contributed by atoms with Crippen LogP contribution in [0.2, 0.25) is 0 Å². The smallest absolute Gasteiger partial charge is 0.322 e. The molecule has 0 bridgehead atoms. The molecule has 4 nitrogen and oxygen atoms in total. The molecule has 5 heteroatoms. The average molecular weight is 156 g/mol. The van der Waals surface area contributed by atoms with Crippen LogP contribution in [-0.2, 0) is 9.53 Å². The molecule has 0 aromatic carbocycles. The van der Waals surface area contributed by atoms with E-state index in [4.69, 9.17) is 5.21 Å². The molecule has 0 spiro atoms. The van der Waals surface area contributed by atoms with Gasteiger partial charge in [0.1, 0.15) is 6.54 Å². The van der Waals surface area contributed by atoms with Gasteiger partial charge in [-0.15, -0.1) is 12.4 Å². The molecule has 2 N–H and O–H groups in total. The predicted molar refractivity (Wildman–Crippen MR) is 33.7 cm³/mol. The topological polar surface area (TPSA) is 58.6 Å². The summed E-state index contributed by atoms with van der Waals surface area (Å²) in [6, 6.07) is 0. The number of ether oxygens (including phenoxy) is 1. The van der Waals surface area contributed by atoms with E-state index >= 15 is 0 Å². The van der Waals surface area contributed by atoms with Crippen molar-refractivity contribution in [3.8, 4) is 0 Å². The molecule has 9 heavy (non-hydrogen) atoms. The lowest BCUT2D eigenvalue weighted by Gasteiger charge is -1.96. The molecule has 0 unspecified atom stereocenters. The predicted octanol–water partition coefficient (Wildman–Crippen LogP) is -0.0499. The van der Waals surface area contributed by atoms with Crippen LogP contribution in [0.1, 0.15) is 6.92 Å². The van der Waals surface area contributed by atoms with Crippen LogP contribution in [0, 0.1) is 0 Å². The number of carbonyl (C=O) groups excluding carboxylic acids is 1. The van der Waals surface area contributed by atoms with Crippen LogP contribution in [0.15, 0.2) is 0 Å². The summed E-state index contributed by atoms with van der Waals surface area (Å²) in [6.07, 6.45) is 0. The first-order valence-electron chi connectivity index (χ1n) is 2.33. The number of esters is 1. The van der Waals surface area contributed by atoms with Gasteiger partial charge in [-0.1, -0.05) is 0 Å². The molecule has 0 aliphatic rings. The Morgan fingerprint density at radius 2 is 2.33 bits per heavy atom. The van der Waals surface area contributed by atoms with E-state index < -0.39 is 5.97 Å². The maximum atomic E-state index is 10.2. The first-order chi connectivity index (χ1) is 3.81. The zero-order valence-corrected chi connectivity index (χ0v) is 5.90. The third kappa shape index (κ3) is 7.68. The molecule has 0 saturated heterocycles. The molecule has 0 aliphatic heterocycles. The van der Waals surface area contributed by atoms with Crippen LogP contribution in [0.5, 0.6) is 0 Å². The Bertz CT molecular complexity index is 70.2. The summed E-state index contributed by atoms with van der Waals surface area (Å²) in [5.74, 6) is -0.449. The Kier molecular flexibility index (Phi) is 9.79. The van der Waals surface area contributed by atoms with Crippen molar-refractivity contribution in [1.29, 1.82) is 0 Å². The van der Waals surface area contributed by atoms with Gasteiger partial charge < -0.3 is 9.94 Å². The highest BCUT2D eigenvalue weighted by Gasteiger charge is 1.95. The lowest BCUT2D eigenvalue weighted by molar-refractivity contribution is -0.143. The number of carbonyl (C=O) groups is 1. The van der Waals surface area contributed by atoms with Gasteiger partial charge in [-0.25, -0.2) is 0 Å². The van der Waals surface area contributed by atoms with Gasteiger partial charge in [0, 0.05) is 0 Å². The highest BCUT2D eigenvalue weighted by molar-refractivity contribution is 5.85. The molecule has 0 amide bonds. The van der Waals surface area contributed by atoms with Crippen LogP contribution >= 0.6 is 12.4 Å². The summed E-state index contributed by atoms with van der Waals surface area (Å²) >= 11 is 0. The zero-order chi connectivity index (χ0) is 6.41. The summed E-state index contributed by atoms with van der Waals surface area (Å²) in [4.78, 5) is 10.2. The molecule has 0 fully saturated rings. The third-order valence-electron chi connectivity index (χ3n) is 0.529. The van der Waals surface area contributed by atoms with Crippen molar-refractivity contribution in [1.82, 2.24) is 5.48 Å². The monoisotopic (exact) mass is 155 g/mol. The molecule has 0 atom stereocenters. The summed E-state index contributed by atoms with van der Waals surface area (Å²) in [7, 11) is 0. The number of hydrogen-bond donors (Lipinski definition) is 2. The fraction of sp³-hybridized carbons (Fsp3) is 0.750. The standard InChI is InChI=1S/C4H9NO3.ClH/c1-2-8-4(6)3-5-7;/h5,7H,2-3H2,1H3;1H. The van der Waals surface area contributed by atoms with Crippen LogP contribution in [0.4, 0.5) is 0 Å². The fourth-order valence-electron chi connectivity index (χ4n) is 0.277. The molecule has 0 radical (unpaired) electrons. The fourth-order valence-corrected chi connectivity index (χ4v) is 0.277. The van der Waals surface area contributed by atoms with Gasteiger partial charge in [0.2, 0.25) is 0 Å². The number of halogens is 1. The molecular weight excluding hydrogens is 146 g/mol. The summed E-state index contributed by atoms with van der Waals surface area (Å²) in [6.45, 7) is 1.91.